The summed E-state index contributed by atoms with van der Waals surface area (Å²) < 4.78 is 26.3. The Bertz CT molecular complexity index is 671. The number of sulfone groups is 1. The van der Waals surface area contributed by atoms with Gasteiger partial charge in [-0.1, -0.05) is 24.5 Å². The predicted octanol–water partition coefficient (Wildman–Crippen LogP) is 2.75. The molecule has 0 amide bonds. The van der Waals surface area contributed by atoms with Gasteiger partial charge in [-0.3, -0.25) is 4.68 Å². The van der Waals surface area contributed by atoms with Crippen LogP contribution in [0.2, 0.25) is 0 Å². The SMILES string of the molecule is O=S(=O)(CCn1cc(-c2ccsc2)nn1)C1CCCCC1. The quantitative estimate of drug-likeness (QED) is 0.848. The third-order valence-electron chi connectivity index (χ3n) is 4.02. The number of hydrogen-bond acceptors (Lipinski definition) is 5. The van der Waals surface area contributed by atoms with Crippen LogP contribution >= 0.6 is 11.3 Å². The molecule has 0 atom stereocenters. The fourth-order valence-electron chi connectivity index (χ4n) is 2.76. The number of aromatic nitrogens is 3. The van der Waals surface area contributed by atoms with Crippen LogP contribution in [0.25, 0.3) is 11.3 Å². The maximum absolute atomic E-state index is 12.3. The standard InChI is InChI=1S/C14H19N3O2S2/c18-21(19,13-4-2-1-3-5-13)9-7-17-10-14(15-16-17)12-6-8-20-11-12/h6,8,10-11,13H,1-5,7,9H2. The minimum atomic E-state index is -3.01. The number of thiophene rings is 1. The molecular weight excluding hydrogens is 306 g/mol. The average Bonchev–Trinajstić information content (AvgIpc) is 3.17. The van der Waals surface area contributed by atoms with Crippen LogP contribution in [-0.4, -0.2) is 34.4 Å². The Kier molecular flexibility index (Phi) is 4.40. The van der Waals surface area contributed by atoms with Crippen LogP contribution in [0, 0.1) is 0 Å². The summed E-state index contributed by atoms with van der Waals surface area (Å²) >= 11 is 1.61. The van der Waals surface area contributed by atoms with E-state index in [1.807, 2.05) is 23.0 Å². The molecule has 0 aromatic carbocycles. The zero-order valence-electron chi connectivity index (χ0n) is 11.8. The molecule has 21 heavy (non-hydrogen) atoms. The van der Waals surface area contributed by atoms with E-state index in [0.717, 1.165) is 36.9 Å². The molecule has 1 fully saturated rings. The second kappa shape index (κ2) is 6.27. The second-order valence-electron chi connectivity index (χ2n) is 5.51. The Labute approximate surface area is 128 Å². The fraction of sp³-hybridized carbons (Fsp3) is 0.571. The van der Waals surface area contributed by atoms with Crippen molar-refractivity contribution >= 4 is 21.2 Å². The Hall–Kier alpha value is -1.21. The van der Waals surface area contributed by atoms with Crippen molar-refractivity contribution in [3.8, 4) is 11.3 Å². The molecule has 0 aliphatic heterocycles. The molecule has 1 aliphatic rings. The van der Waals surface area contributed by atoms with Gasteiger partial charge in [-0.05, 0) is 24.3 Å². The van der Waals surface area contributed by atoms with Gasteiger partial charge >= 0.3 is 0 Å². The highest BCUT2D eigenvalue weighted by molar-refractivity contribution is 7.92. The van der Waals surface area contributed by atoms with E-state index < -0.39 is 9.84 Å². The molecule has 2 aromatic rings. The van der Waals surface area contributed by atoms with Crippen molar-refractivity contribution in [3.05, 3.63) is 23.0 Å². The van der Waals surface area contributed by atoms with Gasteiger partial charge in [0, 0.05) is 10.9 Å². The maximum Gasteiger partial charge on any atom is 0.154 e. The molecule has 7 heteroatoms. The molecule has 114 valence electrons. The zero-order chi connectivity index (χ0) is 14.7. The first-order valence-corrected chi connectivity index (χ1v) is 9.95. The number of aryl methyl sites for hydroxylation is 1. The van der Waals surface area contributed by atoms with Gasteiger partial charge in [0.05, 0.1) is 23.7 Å². The monoisotopic (exact) mass is 325 g/mol. The Balaban J connectivity index is 1.62. The van der Waals surface area contributed by atoms with E-state index in [1.54, 1.807) is 16.0 Å². The van der Waals surface area contributed by atoms with Gasteiger partial charge in [-0.2, -0.15) is 11.3 Å². The summed E-state index contributed by atoms with van der Waals surface area (Å²) in [6, 6.07) is 1.98. The summed E-state index contributed by atoms with van der Waals surface area (Å²) in [5.41, 5.74) is 1.83. The van der Waals surface area contributed by atoms with Crippen molar-refractivity contribution in [3.63, 3.8) is 0 Å². The first-order chi connectivity index (χ1) is 10.1. The smallest absolute Gasteiger partial charge is 0.154 e. The van der Waals surface area contributed by atoms with Gasteiger partial charge in [0.1, 0.15) is 5.69 Å². The van der Waals surface area contributed by atoms with Gasteiger partial charge in [-0.25, -0.2) is 8.42 Å². The Morgan fingerprint density at radius 3 is 2.81 bits per heavy atom. The summed E-state index contributed by atoms with van der Waals surface area (Å²) in [6.07, 6.45) is 6.70. The molecule has 0 bridgehead atoms. The molecule has 0 radical (unpaired) electrons. The van der Waals surface area contributed by atoms with Gasteiger partial charge < -0.3 is 0 Å². The van der Waals surface area contributed by atoms with Crippen molar-refractivity contribution < 1.29 is 8.42 Å². The summed E-state index contributed by atoms with van der Waals surface area (Å²) in [5.74, 6) is 0.157. The van der Waals surface area contributed by atoms with Crippen molar-refractivity contribution in [2.45, 2.75) is 43.9 Å². The predicted molar refractivity (Wildman–Crippen MR) is 84.0 cm³/mol. The first kappa shape index (κ1) is 14.7. The van der Waals surface area contributed by atoms with Crippen molar-refractivity contribution in [2.24, 2.45) is 0 Å². The first-order valence-electron chi connectivity index (χ1n) is 7.29. The van der Waals surface area contributed by atoms with E-state index in [9.17, 15) is 8.42 Å². The topological polar surface area (TPSA) is 64.8 Å². The van der Waals surface area contributed by atoms with Crippen LogP contribution in [0.1, 0.15) is 32.1 Å². The van der Waals surface area contributed by atoms with Gasteiger partial charge in [0.15, 0.2) is 9.84 Å². The molecule has 0 N–H and O–H groups in total. The van der Waals surface area contributed by atoms with Gasteiger partial charge in [0.2, 0.25) is 0 Å². The van der Waals surface area contributed by atoms with Crippen LogP contribution in [0.3, 0.4) is 0 Å². The Morgan fingerprint density at radius 2 is 2.10 bits per heavy atom. The lowest BCUT2D eigenvalue weighted by atomic mass is 10.0. The van der Waals surface area contributed by atoms with Crippen LogP contribution in [0.4, 0.5) is 0 Å². The minimum Gasteiger partial charge on any atom is -0.251 e. The number of rotatable bonds is 5. The molecule has 3 rings (SSSR count). The van der Waals surface area contributed by atoms with Crippen molar-refractivity contribution in [1.29, 1.82) is 0 Å². The van der Waals surface area contributed by atoms with E-state index in [4.69, 9.17) is 0 Å². The van der Waals surface area contributed by atoms with Crippen LogP contribution < -0.4 is 0 Å². The molecule has 2 aromatic heterocycles. The average molecular weight is 325 g/mol. The number of hydrogen-bond donors (Lipinski definition) is 0. The zero-order valence-corrected chi connectivity index (χ0v) is 13.4. The second-order valence-corrected chi connectivity index (χ2v) is 8.69. The lowest BCUT2D eigenvalue weighted by Crippen LogP contribution is -2.28. The molecule has 0 saturated heterocycles. The van der Waals surface area contributed by atoms with E-state index in [-0.39, 0.29) is 11.0 Å². The van der Waals surface area contributed by atoms with E-state index in [2.05, 4.69) is 10.3 Å². The summed E-state index contributed by atoms with van der Waals surface area (Å²) in [5, 5.41) is 12.0. The van der Waals surface area contributed by atoms with Crippen molar-refractivity contribution in [1.82, 2.24) is 15.0 Å². The van der Waals surface area contributed by atoms with E-state index in [1.165, 1.54) is 6.42 Å². The third-order valence-corrected chi connectivity index (χ3v) is 6.94. The fourth-order valence-corrected chi connectivity index (χ4v) is 5.24. The molecule has 2 heterocycles. The highest BCUT2D eigenvalue weighted by Gasteiger charge is 2.26. The molecule has 0 spiro atoms. The van der Waals surface area contributed by atoms with E-state index in [0.29, 0.717) is 6.54 Å². The number of nitrogens with zero attached hydrogens (tertiary/aromatic N) is 3. The highest BCUT2D eigenvalue weighted by Crippen LogP contribution is 2.24. The van der Waals surface area contributed by atoms with Crippen molar-refractivity contribution in [2.75, 3.05) is 5.75 Å². The maximum atomic E-state index is 12.3. The highest BCUT2D eigenvalue weighted by atomic mass is 32.2. The largest absolute Gasteiger partial charge is 0.251 e. The molecule has 1 saturated carbocycles. The van der Waals surface area contributed by atoms with Crippen LogP contribution in [0.15, 0.2) is 23.0 Å². The van der Waals surface area contributed by atoms with Crippen LogP contribution in [0.5, 0.6) is 0 Å². The van der Waals surface area contributed by atoms with Crippen LogP contribution in [-0.2, 0) is 16.4 Å². The van der Waals surface area contributed by atoms with E-state index >= 15 is 0 Å². The lowest BCUT2D eigenvalue weighted by molar-refractivity contribution is 0.480. The van der Waals surface area contributed by atoms with Gasteiger partial charge in [-0.15, -0.1) is 5.10 Å². The normalized spacial score (nSPS) is 17.1. The molecule has 1 aliphatic carbocycles. The summed E-state index contributed by atoms with van der Waals surface area (Å²) in [6.45, 7) is 0.385. The Morgan fingerprint density at radius 1 is 1.29 bits per heavy atom. The summed E-state index contributed by atoms with van der Waals surface area (Å²) in [7, 11) is -3.01. The third kappa shape index (κ3) is 3.52. The minimum absolute atomic E-state index is 0.147. The molecule has 5 nitrogen and oxygen atoms in total. The lowest BCUT2D eigenvalue weighted by Gasteiger charge is -2.21. The summed E-state index contributed by atoms with van der Waals surface area (Å²) in [4.78, 5) is 0. The van der Waals surface area contributed by atoms with Gasteiger partial charge in [0.25, 0.3) is 0 Å². The molecular formula is C14H19N3O2S2. The molecule has 0 unspecified atom stereocenters.